The lowest BCUT2D eigenvalue weighted by atomic mass is 9.80. The SMILES string of the molecule is Nc1c[nH]c2c(NCc3ccc(B(O)O)cc3)ncnc12. The Hall–Kier alpha value is -2.58. The second-order valence-electron chi connectivity index (χ2n) is 4.66. The van der Waals surface area contributed by atoms with Crippen molar-refractivity contribution < 1.29 is 10.0 Å². The standard InChI is InChI=1S/C13H14BN5O2/c15-10-6-16-12-11(10)18-7-19-13(12)17-5-8-1-3-9(4-2-8)14(20)21/h1-4,6-7,16,20-21H,5,15H2,(H,17,18,19). The monoisotopic (exact) mass is 283 g/mol. The molecule has 0 saturated carbocycles. The fraction of sp³-hybridized carbons (Fsp3) is 0.0769. The van der Waals surface area contributed by atoms with E-state index in [1.165, 1.54) is 6.33 Å². The molecule has 3 aromatic rings. The first kappa shape index (κ1) is 13.4. The molecule has 0 amide bonds. The fourth-order valence-corrected chi connectivity index (χ4v) is 2.09. The van der Waals surface area contributed by atoms with E-state index in [-0.39, 0.29) is 0 Å². The summed E-state index contributed by atoms with van der Waals surface area (Å²) in [5.74, 6) is 0.669. The van der Waals surface area contributed by atoms with Crippen molar-refractivity contribution in [3.05, 3.63) is 42.4 Å². The molecule has 0 fully saturated rings. The molecule has 2 aromatic heterocycles. The number of benzene rings is 1. The van der Waals surface area contributed by atoms with Crippen molar-refractivity contribution in [3.8, 4) is 0 Å². The third-order valence-corrected chi connectivity index (χ3v) is 3.23. The van der Waals surface area contributed by atoms with Crippen LogP contribution in [0.3, 0.4) is 0 Å². The third kappa shape index (κ3) is 2.67. The van der Waals surface area contributed by atoms with Gasteiger partial charge in [-0.2, -0.15) is 0 Å². The van der Waals surface area contributed by atoms with Gasteiger partial charge < -0.3 is 26.1 Å². The Labute approximate surface area is 121 Å². The van der Waals surface area contributed by atoms with Crippen LogP contribution in [0.25, 0.3) is 11.0 Å². The van der Waals surface area contributed by atoms with Crippen molar-refractivity contribution in [1.29, 1.82) is 0 Å². The number of hydrogen-bond acceptors (Lipinski definition) is 6. The zero-order valence-electron chi connectivity index (χ0n) is 11.1. The molecule has 0 saturated heterocycles. The highest BCUT2D eigenvalue weighted by atomic mass is 16.4. The summed E-state index contributed by atoms with van der Waals surface area (Å²) in [5.41, 5.74) is 9.28. The lowest BCUT2D eigenvalue weighted by Gasteiger charge is -2.07. The molecule has 0 aliphatic heterocycles. The lowest BCUT2D eigenvalue weighted by molar-refractivity contribution is 0.426. The van der Waals surface area contributed by atoms with E-state index >= 15 is 0 Å². The fourth-order valence-electron chi connectivity index (χ4n) is 2.09. The topological polar surface area (TPSA) is 120 Å². The molecule has 2 heterocycles. The number of aromatic nitrogens is 3. The average molecular weight is 283 g/mol. The van der Waals surface area contributed by atoms with Gasteiger partial charge in [-0.05, 0) is 11.0 Å². The maximum Gasteiger partial charge on any atom is 0.488 e. The predicted octanol–water partition coefficient (Wildman–Crippen LogP) is -0.168. The minimum atomic E-state index is -1.45. The van der Waals surface area contributed by atoms with Crippen LogP contribution in [0.4, 0.5) is 11.5 Å². The number of aromatic amines is 1. The second kappa shape index (κ2) is 5.43. The highest BCUT2D eigenvalue weighted by Gasteiger charge is 2.10. The molecule has 0 spiro atoms. The molecule has 8 heteroatoms. The van der Waals surface area contributed by atoms with Gasteiger partial charge in [-0.1, -0.05) is 24.3 Å². The van der Waals surface area contributed by atoms with Crippen molar-refractivity contribution in [2.45, 2.75) is 6.54 Å². The van der Waals surface area contributed by atoms with Gasteiger partial charge in [0.15, 0.2) is 5.82 Å². The number of nitrogens with zero attached hydrogens (tertiary/aromatic N) is 2. The molecule has 0 atom stereocenters. The van der Waals surface area contributed by atoms with Crippen molar-refractivity contribution >= 4 is 35.1 Å². The van der Waals surface area contributed by atoms with E-state index in [1.54, 1.807) is 18.3 Å². The molecule has 0 unspecified atom stereocenters. The number of rotatable bonds is 4. The molecule has 0 bridgehead atoms. The molecular formula is C13H14BN5O2. The molecule has 7 nitrogen and oxygen atoms in total. The Morgan fingerprint density at radius 2 is 1.95 bits per heavy atom. The normalized spacial score (nSPS) is 10.8. The van der Waals surface area contributed by atoms with E-state index in [0.29, 0.717) is 29.0 Å². The van der Waals surface area contributed by atoms with E-state index in [1.807, 2.05) is 12.1 Å². The average Bonchev–Trinajstić information content (AvgIpc) is 2.88. The molecule has 3 rings (SSSR count). The lowest BCUT2D eigenvalue weighted by Crippen LogP contribution is -2.29. The van der Waals surface area contributed by atoms with Gasteiger partial charge in [0.2, 0.25) is 0 Å². The third-order valence-electron chi connectivity index (χ3n) is 3.23. The zero-order valence-corrected chi connectivity index (χ0v) is 11.1. The van der Waals surface area contributed by atoms with Gasteiger partial charge in [-0.25, -0.2) is 9.97 Å². The molecular weight excluding hydrogens is 269 g/mol. The minimum absolute atomic E-state index is 0.459. The van der Waals surface area contributed by atoms with Gasteiger partial charge in [0.05, 0.1) is 5.69 Å². The van der Waals surface area contributed by atoms with Crippen molar-refractivity contribution in [2.24, 2.45) is 0 Å². The maximum absolute atomic E-state index is 9.05. The zero-order chi connectivity index (χ0) is 14.8. The van der Waals surface area contributed by atoms with E-state index in [0.717, 1.165) is 11.1 Å². The molecule has 0 radical (unpaired) electrons. The van der Waals surface area contributed by atoms with Gasteiger partial charge in [0.25, 0.3) is 0 Å². The maximum atomic E-state index is 9.05. The summed E-state index contributed by atoms with van der Waals surface area (Å²) in [5, 5.41) is 21.3. The van der Waals surface area contributed by atoms with Crippen LogP contribution in [0.5, 0.6) is 0 Å². The van der Waals surface area contributed by atoms with Crippen LogP contribution < -0.4 is 16.5 Å². The van der Waals surface area contributed by atoms with E-state index in [9.17, 15) is 0 Å². The van der Waals surface area contributed by atoms with Crippen LogP contribution in [0.15, 0.2) is 36.8 Å². The summed E-state index contributed by atoms with van der Waals surface area (Å²) in [4.78, 5) is 11.4. The van der Waals surface area contributed by atoms with Crippen LogP contribution >= 0.6 is 0 Å². The smallest absolute Gasteiger partial charge is 0.423 e. The van der Waals surface area contributed by atoms with E-state index in [2.05, 4.69) is 20.3 Å². The molecule has 6 N–H and O–H groups in total. The Morgan fingerprint density at radius 1 is 1.19 bits per heavy atom. The summed E-state index contributed by atoms with van der Waals surface area (Å²) in [7, 11) is -1.45. The summed E-state index contributed by atoms with van der Waals surface area (Å²) >= 11 is 0. The van der Waals surface area contributed by atoms with Crippen LogP contribution in [0, 0.1) is 0 Å². The number of nitrogens with two attached hydrogens (primary N) is 1. The Morgan fingerprint density at radius 3 is 2.67 bits per heavy atom. The number of nitrogen functional groups attached to an aromatic ring is 1. The first-order valence-corrected chi connectivity index (χ1v) is 6.41. The summed E-state index contributed by atoms with van der Waals surface area (Å²) in [6, 6.07) is 6.99. The minimum Gasteiger partial charge on any atom is -0.423 e. The molecule has 106 valence electrons. The summed E-state index contributed by atoms with van der Waals surface area (Å²) in [6.45, 7) is 0.548. The number of H-pyrrole nitrogens is 1. The highest BCUT2D eigenvalue weighted by Crippen LogP contribution is 2.22. The van der Waals surface area contributed by atoms with Crippen LogP contribution in [-0.2, 0) is 6.54 Å². The van der Waals surface area contributed by atoms with Gasteiger partial charge in [-0.3, -0.25) is 0 Å². The van der Waals surface area contributed by atoms with Crippen molar-refractivity contribution in [2.75, 3.05) is 11.1 Å². The number of nitrogens with one attached hydrogen (secondary N) is 2. The highest BCUT2D eigenvalue weighted by molar-refractivity contribution is 6.58. The summed E-state index contributed by atoms with van der Waals surface area (Å²) < 4.78 is 0. The van der Waals surface area contributed by atoms with Gasteiger partial charge in [-0.15, -0.1) is 0 Å². The predicted molar refractivity (Wildman–Crippen MR) is 81.9 cm³/mol. The first-order valence-electron chi connectivity index (χ1n) is 6.41. The first-order chi connectivity index (χ1) is 10.1. The molecule has 1 aromatic carbocycles. The summed E-state index contributed by atoms with van der Waals surface area (Å²) in [6.07, 6.45) is 3.14. The molecule has 21 heavy (non-hydrogen) atoms. The van der Waals surface area contributed by atoms with Crippen LogP contribution in [0.1, 0.15) is 5.56 Å². The van der Waals surface area contributed by atoms with Crippen molar-refractivity contribution in [1.82, 2.24) is 15.0 Å². The Bertz CT molecular complexity index is 757. The van der Waals surface area contributed by atoms with E-state index < -0.39 is 7.12 Å². The van der Waals surface area contributed by atoms with Gasteiger partial charge >= 0.3 is 7.12 Å². The van der Waals surface area contributed by atoms with E-state index in [4.69, 9.17) is 15.8 Å². The van der Waals surface area contributed by atoms with Crippen LogP contribution in [0.2, 0.25) is 0 Å². The number of hydrogen-bond donors (Lipinski definition) is 5. The van der Waals surface area contributed by atoms with Crippen LogP contribution in [-0.4, -0.2) is 32.1 Å². The molecule has 0 aliphatic rings. The Balaban J connectivity index is 1.77. The number of anilines is 2. The second-order valence-corrected chi connectivity index (χ2v) is 4.66. The van der Waals surface area contributed by atoms with Gasteiger partial charge in [0, 0.05) is 12.7 Å². The van der Waals surface area contributed by atoms with Gasteiger partial charge in [0.1, 0.15) is 17.4 Å². The largest absolute Gasteiger partial charge is 0.488 e. The number of fused-ring (bicyclic) bond motifs is 1. The Kier molecular flexibility index (Phi) is 3.47. The quantitative estimate of drug-likeness (QED) is 0.424. The van der Waals surface area contributed by atoms with Crippen molar-refractivity contribution in [3.63, 3.8) is 0 Å². The molecule has 0 aliphatic carbocycles.